The standard InChI is InChI=1S/C12H16ClNO3/c1-3-6-17-12(16)14-5-4-10(7-9(14)2)11(15)8-13/h3-4,9H,1,5-8H2,2H3/t9-/m0/s1. The molecule has 0 bridgehead atoms. The van der Waals surface area contributed by atoms with Gasteiger partial charge in [0.05, 0.1) is 5.88 Å². The fourth-order valence-corrected chi connectivity index (χ4v) is 1.85. The Morgan fingerprint density at radius 1 is 1.71 bits per heavy atom. The van der Waals surface area contributed by atoms with E-state index in [0.29, 0.717) is 18.5 Å². The van der Waals surface area contributed by atoms with E-state index in [1.54, 1.807) is 11.0 Å². The molecule has 17 heavy (non-hydrogen) atoms. The third kappa shape index (κ3) is 3.60. The normalized spacial score (nSPS) is 19.5. The Labute approximate surface area is 106 Å². The first-order chi connectivity index (χ1) is 8.10. The highest BCUT2D eigenvalue weighted by molar-refractivity contribution is 6.30. The monoisotopic (exact) mass is 257 g/mol. The summed E-state index contributed by atoms with van der Waals surface area (Å²) in [7, 11) is 0. The summed E-state index contributed by atoms with van der Waals surface area (Å²) < 4.78 is 4.95. The minimum atomic E-state index is -0.383. The van der Waals surface area contributed by atoms with Crippen LogP contribution >= 0.6 is 11.6 Å². The van der Waals surface area contributed by atoms with Crippen LogP contribution in [0.3, 0.4) is 0 Å². The molecule has 1 amide bonds. The van der Waals surface area contributed by atoms with Crippen molar-refractivity contribution in [2.45, 2.75) is 19.4 Å². The van der Waals surface area contributed by atoms with Crippen LogP contribution < -0.4 is 0 Å². The lowest BCUT2D eigenvalue weighted by Gasteiger charge is -2.31. The molecular formula is C12H16ClNO3. The number of alkyl halides is 1. The van der Waals surface area contributed by atoms with Gasteiger partial charge in [-0.05, 0) is 18.9 Å². The maximum absolute atomic E-state index is 11.6. The third-order valence-corrected chi connectivity index (χ3v) is 2.86. The summed E-state index contributed by atoms with van der Waals surface area (Å²) >= 11 is 5.49. The number of nitrogens with zero attached hydrogens (tertiary/aromatic N) is 1. The van der Waals surface area contributed by atoms with E-state index in [2.05, 4.69) is 6.58 Å². The Bertz CT molecular complexity index is 352. The van der Waals surface area contributed by atoms with Gasteiger partial charge in [0.1, 0.15) is 6.61 Å². The fourth-order valence-electron chi connectivity index (χ4n) is 1.68. The van der Waals surface area contributed by atoms with Crippen molar-refractivity contribution in [3.05, 3.63) is 24.3 Å². The minimum Gasteiger partial charge on any atom is -0.445 e. The molecule has 1 heterocycles. The highest BCUT2D eigenvalue weighted by Crippen LogP contribution is 2.19. The zero-order valence-electron chi connectivity index (χ0n) is 9.82. The largest absolute Gasteiger partial charge is 0.445 e. The summed E-state index contributed by atoms with van der Waals surface area (Å²) in [5.41, 5.74) is 0.695. The average Bonchev–Trinajstić information content (AvgIpc) is 2.34. The molecule has 0 unspecified atom stereocenters. The number of hydrogen-bond donors (Lipinski definition) is 0. The second-order valence-electron chi connectivity index (χ2n) is 3.86. The molecule has 0 spiro atoms. The molecule has 4 nitrogen and oxygen atoms in total. The first-order valence-corrected chi connectivity index (χ1v) is 5.96. The Kier molecular flexibility index (Phi) is 5.22. The molecular weight excluding hydrogens is 242 g/mol. The van der Waals surface area contributed by atoms with Crippen LogP contribution in [0.5, 0.6) is 0 Å². The van der Waals surface area contributed by atoms with Crippen LogP contribution in [-0.4, -0.2) is 41.8 Å². The van der Waals surface area contributed by atoms with Gasteiger partial charge in [0.2, 0.25) is 0 Å². The van der Waals surface area contributed by atoms with Crippen LogP contribution in [0, 0.1) is 0 Å². The molecule has 1 aliphatic rings. The van der Waals surface area contributed by atoms with Crippen LogP contribution in [0.25, 0.3) is 0 Å². The molecule has 0 radical (unpaired) electrons. The van der Waals surface area contributed by atoms with Crippen molar-refractivity contribution in [1.29, 1.82) is 0 Å². The van der Waals surface area contributed by atoms with E-state index in [4.69, 9.17) is 16.3 Å². The minimum absolute atomic E-state index is 0.0144. The number of ketones is 1. The van der Waals surface area contributed by atoms with Gasteiger partial charge in [0.25, 0.3) is 0 Å². The lowest BCUT2D eigenvalue weighted by molar-refractivity contribution is -0.113. The second kappa shape index (κ2) is 6.45. The van der Waals surface area contributed by atoms with Crippen LogP contribution in [0.4, 0.5) is 4.79 Å². The van der Waals surface area contributed by atoms with Crippen molar-refractivity contribution in [3.8, 4) is 0 Å². The van der Waals surface area contributed by atoms with Crippen LogP contribution in [0.2, 0.25) is 0 Å². The summed E-state index contributed by atoms with van der Waals surface area (Å²) in [6.07, 6.45) is 3.39. The number of ether oxygens (including phenoxy) is 1. The van der Waals surface area contributed by atoms with E-state index in [0.717, 1.165) is 0 Å². The molecule has 1 aliphatic heterocycles. The van der Waals surface area contributed by atoms with Gasteiger partial charge >= 0.3 is 6.09 Å². The number of amides is 1. The summed E-state index contributed by atoms with van der Waals surface area (Å²) in [6, 6.07) is -0.0560. The Balaban J connectivity index is 2.62. The van der Waals surface area contributed by atoms with Crippen molar-refractivity contribution in [2.75, 3.05) is 19.0 Å². The van der Waals surface area contributed by atoms with E-state index in [-0.39, 0.29) is 30.4 Å². The number of carbonyl (C=O) groups excluding carboxylic acids is 2. The maximum Gasteiger partial charge on any atom is 0.410 e. The van der Waals surface area contributed by atoms with E-state index in [9.17, 15) is 9.59 Å². The molecule has 0 aromatic heterocycles. The number of Topliss-reactive ketones (excluding diaryl/α,β-unsaturated/α-hetero) is 1. The predicted molar refractivity (Wildman–Crippen MR) is 66.1 cm³/mol. The molecule has 94 valence electrons. The fraction of sp³-hybridized carbons (Fsp3) is 0.500. The van der Waals surface area contributed by atoms with Crippen molar-refractivity contribution >= 4 is 23.5 Å². The van der Waals surface area contributed by atoms with E-state index < -0.39 is 0 Å². The van der Waals surface area contributed by atoms with Crippen LogP contribution in [-0.2, 0) is 9.53 Å². The van der Waals surface area contributed by atoms with Gasteiger partial charge in [-0.25, -0.2) is 4.79 Å². The maximum atomic E-state index is 11.6. The Hall–Kier alpha value is -1.29. The van der Waals surface area contributed by atoms with Crippen molar-refractivity contribution in [1.82, 2.24) is 4.90 Å². The molecule has 0 aromatic rings. The quantitative estimate of drug-likeness (QED) is 0.573. The van der Waals surface area contributed by atoms with Crippen LogP contribution in [0.1, 0.15) is 13.3 Å². The molecule has 0 fully saturated rings. The van der Waals surface area contributed by atoms with Gasteiger partial charge in [-0.2, -0.15) is 0 Å². The van der Waals surface area contributed by atoms with E-state index in [1.807, 2.05) is 6.92 Å². The topological polar surface area (TPSA) is 46.6 Å². The van der Waals surface area contributed by atoms with Gasteiger partial charge in [-0.3, -0.25) is 4.79 Å². The van der Waals surface area contributed by atoms with Crippen molar-refractivity contribution in [3.63, 3.8) is 0 Å². The Morgan fingerprint density at radius 3 is 2.94 bits per heavy atom. The number of rotatable bonds is 4. The first-order valence-electron chi connectivity index (χ1n) is 5.42. The number of halogens is 1. The van der Waals surface area contributed by atoms with Gasteiger partial charge in [0, 0.05) is 12.6 Å². The van der Waals surface area contributed by atoms with E-state index >= 15 is 0 Å². The summed E-state index contributed by atoms with van der Waals surface area (Å²) in [6.45, 7) is 5.93. The summed E-state index contributed by atoms with van der Waals surface area (Å²) in [4.78, 5) is 24.6. The molecule has 5 heteroatoms. The molecule has 0 saturated carbocycles. The summed E-state index contributed by atoms with van der Waals surface area (Å²) in [5.74, 6) is -0.0861. The molecule has 0 N–H and O–H groups in total. The van der Waals surface area contributed by atoms with Gasteiger partial charge in [-0.1, -0.05) is 18.7 Å². The zero-order valence-corrected chi connectivity index (χ0v) is 10.6. The van der Waals surface area contributed by atoms with Gasteiger partial charge in [0.15, 0.2) is 5.78 Å². The smallest absolute Gasteiger partial charge is 0.410 e. The highest BCUT2D eigenvalue weighted by Gasteiger charge is 2.26. The van der Waals surface area contributed by atoms with Gasteiger partial charge in [-0.15, -0.1) is 11.6 Å². The molecule has 0 aliphatic carbocycles. The third-order valence-electron chi connectivity index (χ3n) is 2.62. The van der Waals surface area contributed by atoms with E-state index in [1.165, 1.54) is 6.08 Å². The molecule has 1 rings (SSSR count). The van der Waals surface area contributed by atoms with Crippen molar-refractivity contribution in [2.24, 2.45) is 0 Å². The molecule has 1 atom stereocenters. The second-order valence-corrected chi connectivity index (χ2v) is 4.12. The molecule has 0 saturated heterocycles. The van der Waals surface area contributed by atoms with Crippen molar-refractivity contribution < 1.29 is 14.3 Å². The highest BCUT2D eigenvalue weighted by atomic mass is 35.5. The average molecular weight is 258 g/mol. The zero-order chi connectivity index (χ0) is 12.8. The SMILES string of the molecule is C=CCOC(=O)N1CC=C(C(=O)CCl)C[C@@H]1C. The first kappa shape index (κ1) is 13.8. The summed E-state index contributed by atoms with van der Waals surface area (Å²) in [5, 5.41) is 0. The van der Waals surface area contributed by atoms with Gasteiger partial charge < -0.3 is 9.64 Å². The lowest BCUT2D eigenvalue weighted by Crippen LogP contribution is -2.42. The van der Waals surface area contributed by atoms with Crippen LogP contribution in [0.15, 0.2) is 24.3 Å². The lowest BCUT2D eigenvalue weighted by atomic mass is 9.99. The predicted octanol–water partition coefficient (Wildman–Crippen LogP) is 2.14. The Morgan fingerprint density at radius 2 is 2.41 bits per heavy atom. The molecule has 0 aromatic carbocycles. The number of carbonyl (C=O) groups is 2. The number of hydrogen-bond acceptors (Lipinski definition) is 3.